The van der Waals surface area contributed by atoms with Crippen molar-refractivity contribution in [3.05, 3.63) is 41.5 Å². The summed E-state index contributed by atoms with van der Waals surface area (Å²) in [5.41, 5.74) is 12.1. The van der Waals surface area contributed by atoms with E-state index in [9.17, 15) is 19.5 Å². The van der Waals surface area contributed by atoms with Crippen LogP contribution in [0.5, 0.6) is 5.75 Å². The highest BCUT2D eigenvalue weighted by Crippen LogP contribution is 2.20. The van der Waals surface area contributed by atoms with Crippen LogP contribution in [0.1, 0.15) is 35.8 Å². The van der Waals surface area contributed by atoms with Gasteiger partial charge >= 0.3 is 12.0 Å². The predicted molar refractivity (Wildman–Crippen MR) is 99.8 cm³/mol. The lowest BCUT2D eigenvalue weighted by molar-refractivity contribution is -0.140. The van der Waals surface area contributed by atoms with Crippen molar-refractivity contribution < 1.29 is 34.2 Å². The average molecular weight is 422 g/mol. The van der Waals surface area contributed by atoms with E-state index in [1.165, 1.54) is 12.1 Å². The van der Waals surface area contributed by atoms with Crippen LogP contribution in [-0.2, 0) is 16.0 Å². The van der Waals surface area contributed by atoms with Gasteiger partial charge in [0.15, 0.2) is 11.9 Å². The van der Waals surface area contributed by atoms with Crippen molar-refractivity contribution in [1.82, 2.24) is 20.8 Å². The fourth-order valence-corrected chi connectivity index (χ4v) is 2.46. The van der Waals surface area contributed by atoms with E-state index in [0.29, 0.717) is 6.42 Å². The molecule has 30 heavy (non-hydrogen) atoms. The molecule has 13 nitrogen and oxygen atoms in total. The second kappa shape index (κ2) is 10.2. The van der Waals surface area contributed by atoms with E-state index in [0.717, 1.165) is 5.56 Å². The first-order valence-corrected chi connectivity index (χ1v) is 8.75. The molecular weight excluding hydrogens is 400 g/mol. The number of aromatic nitrogens is 2. The van der Waals surface area contributed by atoms with Gasteiger partial charge in [-0.1, -0.05) is 17.3 Å². The Kier molecular flexibility index (Phi) is 7.66. The molecule has 2 rings (SSSR count). The zero-order valence-electron chi connectivity index (χ0n) is 15.7. The monoisotopic (exact) mass is 422 g/mol. The number of phenolic OH excluding ortho intramolecular Hbond substituents is 1. The van der Waals surface area contributed by atoms with E-state index < -0.39 is 49.1 Å². The number of nitrogens with one attached hydrogen (secondary N) is 2. The third-order valence-corrected chi connectivity index (χ3v) is 3.98. The third-order valence-electron chi connectivity index (χ3n) is 3.98. The number of aromatic hydroxyl groups is 1. The van der Waals surface area contributed by atoms with Crippen molar-refractivity contribution in [1.29, 1.82) is 0 Å². The summed E-state index contributed by atoms with van der Waals surface area (Å²) in [6.07, 6.45) is -0.0798. The number of carboxylic acid groups (broad SMARTS) is 1. The highest BCUT2D eigenvalue weighted by Gasteiger charge is 2.27. The minimum Gasteiger partial charge on any atom is -0.508 e. The Morgan fingerprint density at radius 1 is 1.17 bits per heavy atom. The van der Waals surface area contributed by atoms with Gasteiger partial charge in [-0.3, -0.25) is 4.79 Å². The predicted octanol–water partition coefficient (Wildman–Crippen LogP) is -1.32. The summed E-state index contributed by atoms with van der Waals surface area (Å²) in [4.78, 5) is 38.3. The van der Waals surface area contributed by atoms with Crippen LogP contribution in [0.4, 0.5) is 4.79 Å². The van der Waals surface area contributed by atoms with Crippen LogP contribution in [0.25, 0.3) is 0 Å². The Bertz CT molecular complexity index is 885. The smallest absolute Gasteiger partial charge is 0.328 e. The van der Waals surface area contributed by atoms with Gasteiger partial charge in [0.05, 0.1) is 19.1 Å². The van der Waals surface area contributed by atoms with E-state index in [-0.39, 0.29) is 17.5 Å². The number of benzene rings is 1. The van der Waals surface area contributed by atoms with Crippen molar-refractivity contribution in [2.45, 2.75) is 31.0 Å². The van der Waals surface area contributed by atoms with E-state index in [2.05, 4.69) is 15.5 Å². The standard InChI is InChI=1S/C17H22N6O7/c18-10(5-8-1-3-9(25)4-2-8)14-22-15(30-23-14)11(6-13(19)26)20-17(29)21-12(7-24)16(27)28/h1-4,10-12,24-25H,5-7,18H2,(H2,19,26)(H,27,28)(H2,20,21,29)/t10-,11?,12-/m0/s1. The highest BCUT2D eigenvalue weighted by molar-refractivity contribution is 5.83. The minimum absolute atomic E-state index is 0.105. The number of aliphatic hydroxyl groups is 1. The number of primary amides is 1. The summed E-state index contributed by atoms with van der Waals surface area (Å²) in [6.45, 7) is -0.833. The highest BCUT2D eigenvalue weighted by atomic mass is 16.5. The second-order valence-corrected chi connectivity index (χ2v) is 6.38. The number of hydrogen-bond acceptors (Lipinski definition) is 9. The summed E-state index contributed by atoms with van der Waals surface area (Å²) in [7, 11) is 0. The molecule has 1 aromatic heterocycles. The number of urea groups is 1. The summed E-state index contributed by atoms with van der Waals surface area (Å²) >= 11 is 0. The zero-order valence-corrected chi connectivity index (χ0v) is 15.7. The van der Waals surface area contributed by atoms with E-state index in [1.807, 2.05) is 5.32 Å². The summed E-state index contributed by atoms with van der Waals surface area (Å²) in [6, 6.07) is 2.01. The van der Waals surface area contributed by atoms with Crippen molar-refractivity contribution in [2.24, 2.45) is 11.5 Å². The lowest BCUT2D eigenvalue weighted by atomic mass is 10.1. The molecule has 0 aliphatic rings. The van der Waals surface area contributed by atoms with Gasteiger partial charge in [-0.05, 0) is 24.1 Å². The van der Waals surface area contributed by atoms with Crippen molar-refractivity contribution in [3.8, 4) is 5.75 Å². The summed E-state index contributed by atoms with van der Waals surface area (Å²) < 4.78 is 5.09. The number of aliphatic carboxylic acids is 1. The molecule has 0 aliphatic heterocycles. The van der Waals surface area contributed by atoms with Crippen LogP contribution in [0.3, 0.4) is 0 Å². The van der Waals surface area contributed by atoms with Crippen molar-refractivity contribution in [2.75, 3.05) is 6.61 Å². The molecule has 13 heteroatoms. The molecule has 0 bridgehead atoms. The number of nitrogens with zero attached hydrogens (tertiary/aromatic N) is 2. The van der Waals surface area contributed by atoms with E-state index >= 15 is 0 Å². The molecule has 162 valence electrons. The molecule has 1 aromatic carbocycles. The number of hydrogen-bond donors (Lipinski definition) is 7. The molecule has 1 unspecified atom stereocenters. The number of carbonyl (C=O) groups excluding carboxylic acids is 2. The lowest BCUT2D eigenvalue weighted by Gasteiger charge is -2.16. The molecule has 9 N–H and O–H groups in total. The maximum Gasteiger partial charge on any atom is 0.328 e. The molecule has 1 heterocycles. The zero-order chi connectivity index (χ0) is 22.3. The van der Waals surface area contributed by atoms with Crippen LogP contribution in [-0.4, -0.2) is 56.0 Å². The fourth-order valence-electron chi connectivity index (χ4n) is 2.46. The lowest BCUT2D eigenvalue weighted by Crippen LogP contribution is -2.49. The number of carbonyl (C=O) groups is 3. The maximum atomic E-state index is 12.0. The Hall–Kier alpha value is -3.71. The van der Waals surface area contributed by atoms with Gasteiger partial charge in [0.1, 0.15) is 11.8 Å². The van der Waals surface area contributed by atoms with Crippen molar-refractivity contribution >= 4 is 17.9 Å². The first-order chi connectivity index (χ1) is 14.2. The van der Waals surface area contributed by atoms with Gasteiger partial charge < -0.3 is 41.9 Å². The molecule has 0 spiro atoms. The molecule has 3 atom stereocenters. The van der Waals surface area contributed by atoms with Gasteiger partial charge in [0.25, 0.3) is 0 Å². The van der Waals surface area contributed by atoms with E-state index in [1.54, 1.807) is 12.1 Å². The molecular formula is C17H22N6O7. The van der Waals surface area contributed by atoms with E-state index in [4.69, 9.17) is 26.2 Å². The Balaban J connectivity index is 2.09. The number of aliphatic hydroxyl groups excluding tert-OH is 1. The topological polar surface area (TPSA) is 227 Å². The Morgan fingerprint density at radius 2 is 1.83 bits per heavy atom. The van der Waals surface area contributed by atoms with Crippen LogP contribution in [0.2, 0.25) is 0 Å². The third kappa shape index (κ3) is 6.42. The molecule has 0 aliphatic carbocycles. The van der Waals surface area contributed by atoms with Gasteiger partial charge in [-0.2, -0.15) is 4.98 Å². The molecule has 0 saturated carbocycles. The number of phenols is 1. The van der Waals surface area contributed by atoms with Gasteiger partial charge in [-0.15, -0.1) is 0 Å². The number of amides is 3. The van der Waals surface area contributed by atoms with Crippen LogP contribution in [0.15, 0.2) is 28.8 Å². The fraction of sp³-hybridized carbons (Fsp3) is 0.353. The number of rotatable bonds is 10. The minimum atomic E-state index is -1.55. The molecule has 0 radical (unpaired) electrons. The van der Waals surface area contributed by atoms with Crippen LogP contribution in [0, 0.1) is 0 Å². The molecule has 2 aromatic rings. The number of carboxylic acids is 1. The van der Waals surface area contributed by atoms with Crippen molar-refractivity contribution in [3.63, 3.8) is 0 Å². The molecule has 0 fully saturated rings. The normalized spacial score (nSPS) is 13.8. The van der Waals surface area contributed by atoms with Gasteiger partial charge in [0, 0.05) is 0 Å². The SMILES string of the molecule is NC(=O)CC(NC(=O)N[C@@H](CO)C(=O)O)c1nc([C@@H](N)Cc2ccc(O)cc2)no1. The Morgan fingerprint density at radius 3 is 2.40 bits per heavy atom. The number of nitrogens with two attached hydrogens (primary N) is 2. The summed E-state index contributed by atoms with van der Waals surface area (Å²) in [5, 5.41) is 35.2. The maximum absolute atomic E-state index is 12.0. The Labute approximate surface area is 170 Å². The van der Waals surface area contributed by atoms with Crippen LogP contribution < -0.4 is 22.1 Å². The summed E-state index contributed by atoms with van der Waals surface area (Å²) in [5.74, 6) is -2.17. The quantitative estimate of drug-likeness (QED) is 0.239. The largest absolute Gasteiger partial charge is 0.508 e. The average Bonchev–Trinajstić information content (AvgIpc) is 3.17. The molecule has 0 saturated heterocycles. The van der Waals surface area contributed by atoms with Crippen LogP contribution >= 0.6 is 0 Å². The molecule has 3 amide bonds. The second-order valence-electron chi connectivity index (χ2n) is 6.38. The first kappa shape index (κ1) is 22.6. The van der Waals surface area contributed by atoms with Gasteiger partial charge in [0.2, 0.25) is 11.8 Å². The van der Waals surface area contributed by atoms with Gasteiger partial charge in [-0.25, -0.2) is 9.59 Å². The first-order valence-electron chi connectivity index (χ1n) is 8.75.